The lowest BCUT2D eigenvalue weighted by atomic mass is 10.00. The zero-order valence-corrected chi connectivity index (χ0v) is 23.9. The molecular weight excluding hydrogens is 476 g/mol. The van der Waals surface area contributed by atoms with Gasteiger partial charge in [0.05, 0.1) is 13.2 Å². The summed E-state index contributed by atoms with van der Waals surface area (Å²) in [6.07, 6.45) is 2.25. The van der Waals surface area contributed by atoms with Gasteiger partial charge in [-0.1, -0.05) is 29.3 Å². The average Bonchev–Trinajstić information content (AvgIpc) is 3.35. The summed E-state index contributed by atoms with van der Waals surface area (Å²) in [5.74, 6) is 2.40. The number of carbonyl (C=O) groups excluding carboxylic acids is 1. The molecule has 192 valence electrons. The van der Waals surface area contributed by atoms with Crippen LogP contribution in [0.25, 0.3) is 0 Å². The molecule has 0 radical (unpaired) electrons. The van der Waals surface area contributed by atoms with E-state index in [1.807, 2.05) is 25.7 Å². The zero-order chi connectivity index (χ0) is 24.8. The standard InChI is InChI=1S/C23H44N4O3S3/c1-7-24-12-13-26(19-24)22(3,4)10-16-32(29)14-9-15-33(30)17-11-23(5,6)27-20(28)18-25(8-2)21(27)31/h7-19H2,1-6H3. The topological polar surface area (TPSA) is 76.1 Å². The summed E-state index contributed by atoms with van der Waals surface area (Å²) in [5, 5.41) is 0.577. The van der Waals surface area contributed by atoms with Crippen LogP contribution in [0.5, 0.6) is 0 Å². The van der Waals surface area contributed by atoms with Crippen LogP contribution in [-0.4, -0.2) is 113 Å². The SMILES string of the molecule is CCN1CCN(C(C)(C)CC[S+]([O-])CCC[S+]([O-])CCC(C)(C)N2C(=O)CN(CC)C2=S)C1. The van der Waals surface area contributed by atoms with Gasteiger partial charge in [0.2, 0.25) is 5.91 Å². The smallest absolute Gasteiger partial charge is 0.248 e. The van der Waals surface area contributed by atoms with E-state index in [1.54, 1.807) is 4.90 Å². The molecule has 2 rings (SSSR count). The number of thiocarbonyl (C=S) groups is 1. The van der Waals surface area contributed by atoms with Crippen LogP contribution in [0.1, 0.15) is 60.8 Å². The summed E-state index contributed by atoms with van der Waals surface area (Å²) in [7, 11) is 0. The van der Waals surface area contributed by atoms with E-state index in [-0.39, 0.29) is 11.4 Å². The van der Waals surface area contributed by atoms with Gasteiger partial charge in [-0.3, -0.25) is 19.5 Å². The maximum atomic E-state index is 12.6. The van der Waals surface area contributed by atoms with Crippen molar-refractivity contribution in [1.29, 1.82) is 0 Å². The molecule has 2 saturated heterocycles. The second kappa shape index (κ2) is 12.7. The fourth-order valence-electron chi connectivity index (χ4n) is 4.37. The molecule has 33 heavy (non-hydrogen) atoms. The molecule has 0 saturated carbocycles. The van der Waals surface area contributed by atoms with Gasteiger partial charge >= 0.3 is 0 Å². The molecule has 0 bridgehead atoms. The maximum absolute atomic E-state index is 12.6. The molecule has 0 aromatic rings. The van der Waals surface area contributed by atoms with Crippen LogP contribution in [0.2, 0.25) is 0 Å². The first kappa shape index (κ1) is 29.1. The van der Waals surface area contributed by atoms with E-state index in [0.717, 1.165) is 32.7 Å². The molecule has 2 aliphatic rings. The van der Waals surface area contributed by atoms with Crippen molar-refractivity contribution in [2.24, 2.45) is 0 Å². The Kier molecular flexibility index (Phi) is 11.2. The Morgan fingerprint density at radius 1 is 0.909 bits per heavy atom. The normalized spacial score (nSPS) is 20.8. The maximum Gasteiger partial charge on any atom is 0.248 e. The summed E-state index contributed by atoms with van der Waals surface area (Å²) < 4.78 is 25.1. The van der Waals surface area contributed by atoms with Gasteiger partial charge in [0.15, 0.2) is 5.11 Å². The van der Waals surface area contributed by atoms with Crippen LogP contribution in [-0.2, 0) is 27.1 Å². The van der Waals surface area contributed by atoms with Crippen molar-refractivity contribution in [2.75, 3.05) is 62.4 Å². The molecule has 1 amide bonds. The zero-order valence-electron chi connectivity index (χ0n) is 21.4. The number of hydrogen-bond donors (Lipinski definition) is 0. The molecule has 0 N–H and O–H groups in total. The van der Waals surface area contributed by atoms with Gasteiger partial charge in [-0.15, -0.1) is 0 Å². The van der Waals surface area contributed by atoms with E-state index in [4.69, 9.17) is 12.2 Å². The first-order chi connectivity index (χ1) is 15.4. The minimum atomic E-state index is -0.987. The second-order valence-electron chi connectivity index (χ2n) is 10.3. The van der Waals surface area contributed by atoms with E-state index < -0.39 is 27.9 Å². The Balaban J connectivity index is 1.66. The highest BCUT2D eigenvalue weighted by Gasteiger charge is 2.41. The van der Waals surface area contributed by atoms with Crippen LogP contribution in [0.3, 0.4) is 0 Å². The highest BCUT2D eigenvalue weighted by molar-refractivity contribution is 7.92. The van der Waals surface area contributed by atoms with E-state index in [0.29, 0.717) is 54.1 Å². The van der Waals surface area contributed by atoms with Gasteiger partial charge in [0, 0.05) is 50.0 Å². The van der Waals surface area contributed by atoms with Crippen molar-refractivity contribution in [1.82, 2.24) is 19.6 Å². The summed E-state index contributed by atoms with van der Waals surface area (Å²) >= 11 is 3.61. The molecule has 2 unspecified atom stereocenters. The molecule has 2 atom stereocenters. The lowest BCUT2D eigenvalue weighted by molar-refractivity contribution is -0.128. The summed E-state index contributed by atoms with van der Waals surface area (Å²) in [5.41, 5.74) is -0.403. The quantitative estimate of drug-likeness (QED) is 0.257. The van der Waals surface area contributed by atoms with Crippen molar-refractivity contribution in [3.05, 3.63) is 0 Å². The van der Waals surface area contributed by atoms with Crippen LogP contribution >= 0.6 is 12.2 Å². The van der Waals surface area contributed by atoms with E-state index in [9.17, 15) is 13.9 Å². The Morgan fingerprint density at radius 3 is 1.97 bits per heavy atom. The minimum Gasteiger partial charge on any atom is -0.616 e. The van der Waals surface area contributed by atoms with Crippen LogP contribution in [0, 0.1) is 0 Å². The van der Waals surface area contributed by atoms with Crippen LogP contribution < -0.4 is 0 Å². The Hall–Kier alpha value is -0.100. The number of amides is 1. The molecular formula is C23H44N4O3S3. The van der Waals surface area contributed by atoms with Crippen molar-refractivity contribution in [3.63, 3.8) is 0 Å². The van der Waals surface area contributed by atoms with Crippen molar-refractivity contribution >= 4 is 45.6 Å². The Labute approximate surface area is 213 Å². The molecule has 2 fully saturated rings. The molecule has 0 aromatic heterocycles. The number of nitrogens with zero attached hydrogens (tertiary/aromatic N) is 4. The molecule has 0 spiro atoms. The van der Waals surface area contributed by atoms with Gasteiger partial charge < -0.3 is 14.0 Å². The number of carbonyl (C=O) groups is 1. The molecule has 0 aromatic carbocycles. The highest BCUT2D eigenvalue weighted by Crippen LogP contribution is 2.26. The molecule has 7 nitrogen and oxygen atoms in total. The molecule has 2 heterocycles. The van der Waals surface area contributed by atoms with Gasteiger partial charge in [0.25, 0.3) is 0 Å². The lowest BCUT2D eigenvalue weighted by Crippen LogP contribution is -2.49. The number of hydrogen-bond acceptors (Lipinski definition) is 6. The fraction of sp³-hybridized carbons (Fsp3) is 0.913. The Bertz CT molecular complexity index is 665. The Morgan fingerprint density at radius 2 is 1.48 bits per heavy atom. The third-order valence-corrected chi connectivity index (χ3v) is 10.3. The third-order valence-electron chi connectivity index (χ3n) is 7.01. The van der Waals surface area contributed by atoms with Gasteiger partial charge in [-0.05, 0) is 53.4 Å². The minimum absolute atomic E-state index is 0.0206. The van der Waals surface area contributed by atoms with Gasteiger partial charge in [0.1, 0.15) is 23.0 Å². The molecule has 0 aliphatic carbocycles. The fourth-order valence-corrected chi connectivity index (χ4v) is 7.89. The van der Waals surface area contributed by atoms with E-state index >= 15 is 0 Å². The first-order valence-electron chi connectivity index (χ1n) is 12.2. The van der Waals surface area contributed by atoms with E-state index in [2.05, 4.69) is 30.6 Å². The predicted molar refractivity (Wildman–Crippen MR) is 143 cm³/mol. The molecule has 2 aliphatic heterocycles. The van der Waals surface area contributed by atoms with E-state index in [1.165, 1.54) is 0 Å². The van der Waals surface area contributed by atoms with Crippen molar-refractivity contribution < 1.29 is 13.9 Å². The predicted octanol–water partition coefficient (Wildman–Crippen LogP) is 2.26. The summed E-state index contributed by atoms with van der Waals surface area (Å²) in [4.78, 5) is 20.9. The first-order valence-corrected chi connectivity index (χ1v) is 15.6. The number of rotatable bonds is 14. The van der Waals surface area contributed by atoms with Gasteiger partial charge in [-0.2, -0.15) is 0 Å². The summed E-state index contributed by atoms with van der Waals surface area (Å²) in [6.45, 7) is 18.0. The third kappa shape index (κ3) is 8.22. The largest absolute Gasteiger partial charge is 0.616 e. The highest BCUT2D eigenvalue weighted by atomic mass is 32.2. The average molecular weight is 521 g/mol. The monoisotopic (exact) mass is 520 g/mol. The van der Waals surface area contributed by atoms with Gasteiger partial charge in [-0.25, -0.2) is 0 Å². The van der Waals surface area contributed by atoms with Crippen LogP contribution in [0.4, 0.5) is 0 Å². The molecule has 10 heteroatoms. The van der Waals surface area contributed by atoms with Crippen LogP contribution in [0.15, 0.2) is 0 Å². The second-order valence-corrected chi connectivity index (χ2v) is 14.1. The lowest BCUT2D eigenvalue weighted by Gasteiger charge is -2.35. The van der Waals surface area contributed by atoms with Crippen molar-refractivity contribution in [2.45, 2.75) is 71.9 Å². The summed E-state index contributed by atoms with van der Waals surface area (Å²) in [6, 6.07) is 0. The van der Waals surface area contributed by atoms with Crippen molar-refractivity contribution in [3.8, 4) is 0 Å². The number of likely N-dealkylation sites (N-methyl/N-ethyl adjacent to an activating group) is 2.